The summed E-state index contributed by atoms with van der Waals surface area (Å²) in [5, 5.41) is 8.95. The van der Waals surface area contributed by atoms with Crippen molar-refractivity contribution in [3.8, 4) is 0 Å². The topological polar surface area (TPSA) is 279 Å². The lowest BCUT2D eigenvalue weighted by molar-refractivity contribution is -0.215. The van der Waals surface area contributed by atoms with Crippen LogP contribution in [0.4, 0.5) is 13.2 Å². The van der Waals surface area contributed by atoms with Gasteiger partial charge in [0.05, 0.1) is 31.5 Å². The molecule has 7 rings (SSSR count). The predicted octanol–water partition coefficient (Wildman–Crippen LogP) is 6.79. The van der Waals surface area contributed by atoms with Crippen molar-refractivity contribution < 1.29 is 75.4 Å². The summed E-state index contributed by atoms with van der Waals surface area (Å²) < 4.78 is 48.4. The van der Waals surface area contributed by atoms with Crippen molar-refractivity contribution >= 4 is 70.9 Å². The number of ether oxygens (including phenoxy) is 1. The highest BCUT2D eigenvalue weighted by molar-refractivity contribution is 6.01. The summed E-state index contributed by atoms with van der Waals surface area (Å²) in [6.45, 7) is 16.2. The molecule has 4 saturated carbocycles. The molecule has 3 unspecified atom stereocenters. The maximum Gasteiger partial charge on any atom is 0.394 e. The molecule has 3 heterocycles. The van der Waals surface area contributed by atoms with Gasteiger partial charge in [-0.3, -0.25) is 57.5 Å². The van der Waals surface area contributed by atoms with E-state index < -0.39 is 180 Å². The molecule has 0 aromatic rings. The van der Waals surface area contributed by atoms with E-state index in [-0.39, 0.29) is 114 Å². The molecule has 598 valence electrons. The van der Waals surface area contributed by atoms with E-state index in [2.05, 4.69) is 22.9 Å². The smallest absolute Gasteiger partial charge is 0.381 e. The van der Waals surface area contributed by atoms with Crippen molar-refractivity contribution in [1.29, 1.82) is 0 Å². The van der Waals surface area contributed by atoms with Gasteiger partial charge in [-0.25, -0.2) is 0 Å². The Labute approximate surface area is 627 Å². The summed E-state index contributed by atoms with van der Waals surface area (Å²) in [6.07, 6.45) is 4.98. The Kier molecular flexibility index (Phi) is 30.2. The molecular formula is C78H127F3N12O13. The van der Waals surface area contributed by atoms with Crippen LogP contribution >= 0.6 is 0 Å². The first kappa shape index (κ1) is 86.4. The molecule has 0 aromatic carbocycles. The highest BCUT2D eigenvalue weighted by Crippen LogP contribution is 2.50. The van der Waals surface area contributed by atoms with E-state index in [4.69, 9.17) is 4.74 Å². The number of amides is 12. The van der Waals surface area contributed by atoms with Gasteiger partial charge in [-0.2, -0.15) is 13.2 Å². The number of nitrogens with one attached hydrogen (secondary N) is 3. The average molecular weight is 1500 g/mol. The fourth-order valence-corrected chi connectivity index (χ4v) is 18.0. The number of nitrogens with zero attached hydrogens (tertiary/aromatic N) is 9. The Bertz CT molecular complexity index is 3170. The van der Waals surface area contributed by atoms with Gasteiger partial charge in [-0.1, -0.05) is 112 Å². The minimum Gasteiger partial charge on any atom is -0.381 e. The van der Waals surface area contributed by atoms with Crippen LogP contribution in [-0.4, -0.2) is 270 Å². The molecular weight excluding hydrogens is 1370 g/mol. The van der Waals surface area contributed by atoms with Gasteiger partial charge < -0.3 is 64.8 Å². The fraction of sp³-hybridized carbons (Fsp3) is 0.821. The lowest BCUT2D eigenvalue weighted by atomic mass is 9.58. The van der Waals surface area contributed by atoms with Gasteiger partial charge >= 0.3 is 6.18 Å². The number of rotatable bonds is 13. The third-order valence-corrected chi connectivity index (χ3v) is 24.7. The average Bonchev–Trinajstić information content (AvgIpc) is 0.889. The largest absolute Gasteiger partial charge is 0.394 e. The predicted molar refractivity (Wildman–Crippen MR) is 394 cm³/mol. The second kappa shape index (κ2) is 37.0. The quantitative estimate of drug-likeness (QED) is 0.160. The van der Waals surface area contributed by atoms with Gasteiger partial charge in [0.25, 0.3) is 0 Å². The van der Waals surface area contributed by atoms with Gasteiger partial charge in [0.15, 0.2) is 0 Å². The number of fused-ring (bicyclic) bond motifs is 3. The van der Waals surface area contributed by atoms with Gasteiger partial charge in [0.2, 0.25) is 70.9 Å². The standard InChI is InChI=1S/C78H127F3N12O13/c1-18-50(7)65-73(103)87(12)44-64(96)88(13)56-27-21-20-24-36-92(72(56)102)60(39-51-30-28-48(5)29-31-51)71(101)86(11)43-62(94)82-55(35-33-52-32-34-54(78(79,80)81)61(40-52)106-17)69(99)93-42-49(6)38-58(93)68(98)84-77(45-76(8,9)46-77)75(105)91(16)66(53-25-22-23-26-53)74(104)90(15)59(70(100)85(10)19-2)41-63(95)89(14)57(37-47(3)4)67(97)83-65/h20-21,47-61,65-66H,18-19,22-46H2,1-17H3,(H,82,94)(H,83,97)(H,84,98)/b21-20-/t48?,49-,50-,51?,52?,54?,55-,56-,57-,58-,59-,60-,61?,65-,66-/m0/s1. The van der Waals surface area contributed by atoms with Crippen LogP contribution in [0.1, 0.15) is 204 Å². The first-order chi connectivity index (χ1) is 49.7. The fourth-order valence-electron chi connectivity index (χ4n) is 18.0. The van der Waals surface area contributed by atoms with E-state index in [0.717, 1.165) is 38.5 Å². The Hall–Kier alpha value is -6.87. The van der Waals surface area contributed by atoms with Crippen molar-refractivity contribution in [1.82, 2.24) is 60.0 Å². The Morgan fingerprint density at radius 3 is 1.90 bits per heavy atom. The zero-order valence-corrected chi connectivity index (χ0v) is 66.5. The summed E-state index contributed by atoms with van der Waals surface area (Å²) >= 11 is 0. The maximum absolute atomic E-state index is 15.8. The van der Waals surface area contributed by atoms with Crippen molar-refractivity contribution in [2.75, 3.05) is 89.2 Å². The van der Waals surface area contributed by atoms with Crippen LogP contribution in [-0.2, 0) is 62.3 Å². The van der Waals surface area contributed by atoms with Gasteiger partial charge in [0, 0.05) is 76.1 Å². The summed E-state index contributed by atoms with van der Waals surface area (Å²) in [5.74, 6) is -10.5. The normalized spacial score (nSPS) is 32.0. The Morgan fingerprint density at radius 1 is 0.670 bits per heavy atom. The second-order valence-electron chi connectivity index (χ2n) is 34.0. The molecule has 7 aliphatic rings. The van der Waals surface area contributed by atoms with E-state index in [1.165, 1.54) is 93.5 Å². The van der Waals surface area contributed by atoms with Crippen LogP contribution in [0.3, 0.4) is 0 Å². The molecule has 2 bridgehead atoms. The summed E-state index contributed by atoms with van der Waals surface area (Å²) in [5.41, 5.74) is -2.11. The molecule has 0 radical (unpaired) electrons. The summed E-state index contributed by atoms with van der Waals surface area (Å²) in [7, 11) is 11.5. The van der Waals surface area contributed by atoms with Crippen LogP contribution in [0.5, 0.6) is 0 Å². The maximum atomic E-state index is 15.8. The van der Waals surface area contributed by atoms with Crippen LogP contribution in [0, 0.1) is 52.8 Å². The first-order valence-electron chi connectivity index (χ1n) is 39.3. The third-order valence-electron chi connectivity index (χ3n) is 24.7. The number of halogens is 3. The molecule has 6 fully saturated rings. The van der Waals surface area contributed by atoms with Crippen molar-refractivity contribution in [3.63, 3.8) is 0 Å². The molecule has 3 aliphatic heterocycles. The van der Waals surface area contributed by atoms with Crippen LogP contribution in [0.25, 0.3) is 0 Å². The number of likely N-dealkylation sites (N-methyl/N-ethyl adjacent to an activating group) is 7. The number of alkyl halides is 3. The van der Waals surface area contributed by atoms with Crippen LogP contribution < -0.4 is 16.0 Å². The Balaban J connectivity index is 1.32. The number of methoxy groups -OCH3 is 1. The van der Waals surface area contributed by atoms with E-state index >= 15 is 33.6 Å². The van der Waals surface area contributed by atoms with Gasteiger partial charge in [0.1, 0.15) is 53.9 Å². The third kappa shape index (κ3) is 20.9. The highest BCUT2D eigenvalue weighted by Gasteiger charge is 2.59. The van der Waals surface area contributed by atoms with E-state index in [9.17, 15) is 37.1 Å². The second-order valence-corrected chi connectivity index (χ2v) is 34.0. The number of carbonyl (C=O) groups excluding carboxylic acids is 12. The van der Waals surface area contributed by atoms with Crippen molar-refractivity contribution in [2.24, 2.45) is 52.8 Å². The minimum atomic E-state index is -4.51. The molecule has 2 saturated heterocycles. The number of hydrogen-bond donors (Lipinski definition) is 3. The monoisotopic (exact) mass is 1500 g/mol. The number of carbonyl (C=O) groups is 12. The summed E-state index contributed by atoms with van der Waals surface area (Å²) in [6, 6.07) is -9.89. The van der Waals surface area contributed by atoms with E-state index in [1.54, 1.807) is 27.0 Å². The molecule has 1 spiro atoms. The van der Waals surface area contributed by atoms with Gasteiger partial charge in [-0.15, -0.1) is 0 Å². The van der Waals surface area contributed by atoms with Crippen LogP contribution in [0.2, 0.25) is 0 Å². The number of hydrogen-bond acceptors (Lipinski definition) is 13. The molecule has 106 heavy (non-hydrogen) atoms. The van der Waals surface area contributed by atoms with Gasteiger partial charge in [-0.05, 0) is 144 Å². The Morgan fingerprint density at radius 2 is 1.30 bits per heavy atom. The molecule has 28 heteroatoms. The van der Waals surface area contributed by atoms with Crippen LogP contribution in [0.15, 0.2) is 12.2 Å². The SMILES string of the molecule is CC[C@H](C)[C@@H]1NC(=O)[C@H](CC(C)C)N(C)C(=O)C[C@@H](C(=O)N(C)CC)N(C)C(=O)[C@H](C2CCCC2)N(C)C(=O)C2(CC(C)(C)C2)NC(=O)[C@@H]2C[C@H](C)CN2C(=O)[C@H](CCC2CCC(C(F)(F)F)C(OC)C2)NC(=O)CN(C)C(=O)[C@H](CC2CCC(C)CC2)N2CC/C=C\C[C@@H](C2=O)N(C)C(=O)CN(C)C1=O. The lowest BCUT2D eigenvalue weighted by Gasteiger charge is -2.54. The molecule has 3 N–H and O–H groups in total. The zero-order chi connectivity index (χ0) is 78.8. The lowest BCUT2D eigenvalue weighted by Crippen LogP contribution is -2.71. The highest BCUT2D eigenvalue weighted by atomic mass is 19.4. The van der Waals surface area contributed by atoms with Crippen molar-refractivity contribution in [2.45, 2.75) is 270 Å². The molecule has 0 aromatic heterocycles. The molecule has 4 aliphatic carbocycles. The zero-order valence-electron chi connectivity index (χ0n) is 66.5. The van der Waals surface area contributed by atoms with E-state index in [0.29, 0.717) is 31.6 Å². The first-order valence-corrected chi connectivity index (χ1v) is 39.3. The minimum absolute atomic E-state index is 0.00414. The van der Waals surface area contributed by atoms with E-state index in [1.807, 2.05) is 47.6 Å². The molecule has 25 nitrogen and oxygen atoms in total. The summed E-state index contributed by atoms with van der Waals surface area (Å²) in [4.78, 5) is 194. The van der Waals surface area contributed by atoms with Crippen molar-refractivity contribution in [3.05, 3.63) is 12.2 Å². The molecule has 12 amide bonds. The molecule has 13 atom stereocenters.